The van der Waals surface area contributed by atoms with E-state index in [-0.39, 0.29) is 5.92 Å². The lowest BCUT2D eigenvalue weighted by atomic mass is 9.80. The zero-order valence-electron chi connectivity index (χ0n) is 6.90. The summed E-state index contributed by atoms with van der Waals surface area (Å²) in [5.41, 5.74) is 0. The molecule has 2 rings (SSSR count). The smallest absolute Gasteiger partial charge is 0.154 e. The summed E-state index contributed by atoms with van der Waals surface area (Å²) in [6.07, 6.45) is 2.70. The van der Waals surface area contributed by atoms with Crippen molar-refractivity contribution < 1.29 is 10.2 Å². The Morgan fingerprint density at radius 2 is 1.82 bits per heavy atom. The fraction of sp³-hybridized carbons (Fsp3) is 1.00. The van der Waals surface area contributed by atoms with Crippen molar-refractivity contribution in [2.75, 3.05) is 0 Å². The molecule has 0 saturated heterocycles. The lowest BCUT2D eigenvalue weighted by Crippen LogP contribution is -2.31. The topological polar surface area (TPSA) is 40.5 Å². The van der Waals surface area contributed by atoms with E-state index in [4.69, 9.17) is 10.2 Å². The van der Waals surface area contributed by atoms with Gasteiger partial charge in [-0.25, -0.2) is 0 Å². The Kier molecular flexibility index (Phi) is 1.69. The van der Waals surface area contributed by atoms with Gasteiger partial charge in [0.25, 0.3) is 0 Å². The Balaban J connectivity index is 2.11. The fourth-order valence-corrected chi connectivity index (χ4v) is 3.14. The van der Waals surface area contributed by atoms with Crippen LogP contribution in [0.25, 0.3) is 0 Å². The van der Waals surface area contributed by atoms with E-state index in [9.17, 15) is 0 Å². The minimum absolute atomic E-state index is 0.175. The van der Waals surface area contributed by atoms with Crippen molar-refractivity contribution in [1.29, 1.82) is 0 Å². The molecule has 2 bridgehead atoms. The molecule has 0 amide bonds. The van der Waals surface area contributed by atoms with E-state index in [1.807, 2.05) is 0 Å². The molecular weight excluding hydrogens is 140 g/mol. The molecule has 0 aliphatic heterocycles. The van der Waals surface area contributed by atoms with Gasteiger partial charge >= 0.3 is 0 Å². The molecule has 11 heavy (non-hydrogen) atoms. The van der Waals surface area contributed by atoms with Gasteiger partial charge in [0, 0.05) is 5.92 Å². The first-order chi connectivity index (χ1) is 5.20. The van der Waals surface area contributed by atoms with Crippen molar-refractivity contribution in [2.45, 2.75) is 32.5 Å². The summed E-state index contributed by atoms with van der Waals surface area (Å²) in [5.74, 6) is 2.10. The molecule has 0 aromatic rings. The summed E-state index contributed by atoms with van der Waals surface area (Å²) in [7, 11) is 0. The van der Waals surface area contributed by atoms with Crippen LogP contribution in [-0.2, 0) is 0 Å². The van der Waals surface area contributed by atoms with Gasteiger partial charge in [0.05, 0.1) is 0 Å². The SMILES string of the molecule is CC1C2CCC(C2)C1C(O)O. The van der Waals surface area contributed by atoms with Gasteiger partial charge in [0.2, 0.25) is 0 Å². The van der Waals surface area contributed by atoms with E-state index in [0.29, 0.717) is 11.8 Å². The molecule has 64 valence electrons. The highest BCUT2D eigenvalue weighted by atomic mass is 16.5. The molecule has 4 atom stereocenters. The van der Waals surface area contributed by atoms with Crippen molar-refractivity contribution in [3.63, 3.8) is 0 Å². The monoisotopic (exact) mass is 156 g/mol. The molecule has 2 fully saturated rings. The van der Waals surface area contributed by atoms with Crippen LogP contribution >= 0.6 is 0 Å². The average Bonchev–Trinajstić information content (AvgIpc) is 2.44. The summed E-state index contributed by atoms with van der Waals surface area (Å²) < 4.78 is 0. The van der Waals surface area contributed by atoms with Crippen LogP contribution in [-0.4, -0.2) is 16.5 Å². The number of aliphatic hydroxyl groups is 2. The van der Waals surface area contributed by atoms with Gasteiger partial charge in [-0.15, -0.1) is 0 Å². The summed E-state index contributed by atoms with van der Waals surface area (Å²) >= 11 is 0. The minimum Gasteiger partial charge on any atom is -0.368 e. The molecule has 2 heteroatoms. The molecule has 4 unspecified atom stereocenters. The molecule has 0 heterocycles. The summed E-state index contributed by atoms with van der Waals surface area (Å²) in [4.78, 5) is 0. The van der Waals surface area contributed by atoms with Crippen LogP contribution in [0.2, 0.25) is 0 Å². The van der Waals surface area contributed by atoms with Crippen molar-refractivity contribution in [1.82, 2.24) is 0 Å². The first kappa shape index (κ1) is 7.56. The van der Waals surface area contributed by atoms with Gasteiger partial charge in [0.15, 0.2) is 6.29 Å². The van der Waals surface area contributed by atoms with Crippen LogP contribution < -0.4 is 0 Å². The minimum atomic E-state index is -1.07. The molecular formula is C9H16O2. The van der Waals surface area contributed by atoms with Gasteiger partial charge < -0.3 is 10.2 Å². The maximum atomic E-state index is 9.10. The third-order valence-corrected chi connectivity index (χ3v) is 3.75. The second-order valence-electron chi connectivity index (χ2n) is 4.18. The summed E-state index contributed by atoms with van der Waals surface area (Å²) in [6.45, 7) is 2.16. The van der Waals surface area contributed by atoms with Gasteiger partial charge in [-0.3, -0.25) is 0 Å². The second-order valence-corrected chi connectivity index (χ2v) is 4.18. The molecule has 2 aliphatic carbocycles. The predicted octanol–water partition coefficient (Wildman–Crippen LogP) is 0.979. The average molecular weight is 156 g/mol. The number of hydrogen-bond donors (Lipinski definition) is 2. The first-order valence-electron chi connectivity index (χ1n) is 4.56. The quantitative estimate of drug-likeness (QED) is 0.555. The van der Waals surface area contributed by atoms with Crippen LogP contribution in [0, 0.1) is 23.7 Å². The Morgan fingerprint density at radius 1 is 1.18 bits per heavy atom. The normalized spacial score (nSPS) is 49.1. The zero-order valence-corrected chi connectivity index (χ0v) is 6.90. The highest BCUT2D eigenvalue weighted by Crippen LogP contribution is 2.52. The van der Waals surface area contributed by atoms with Crippen LogP contribution in [0.5, 0.6) is 0 Å². The van der Waals surface area contributed by atoms with E-state index >= 15 is 0 Å². The van der Waals surface area contributed by atoms with E-state index < -0.39 is 6.29 Å². The molecule has 0 radical (unpaired) electrons. The molecule has 2 nitrogen and oxygen atoms in total. The van der Waals surface area contributed by atoms with E-state index in [0.717, 1.165) is 5.92 Å². The second kappa shape index (κ2) is 2.46. The van der Waals surface area contributed by atoms with Gasteiger partial charge in [-0.1, -0.05) is 6.92 Å². The Labute approximate surface area is 67.2 Å². The fourth-order valence-electron chi connectivity index (χ4n) is 3.14. The maximum Gasteiger partial charge on any atom is 0.154 e. The molecule has 2 aliphatic rings. The van der Waals surface area contributed by atoms with Crippen molar-refractivity contribution >= 4 is 0 Å². The van der Waals surface area contributed by atoms with Crippen molar-refractivity contribution in [3.05, 3.63) is 0 Å². The van der Waals surface area contributed by atoms with E-state index in [2.05, 4.69) is 6.92 Å². The molecule has 0 aromatic heterocycles. The molecule has 2 N–H and O–H groups in total. The summed E-state index contributed by atoms with van der Waals surface area (Å²) in [6, 6.07) is 0. The zero-order chi connectivity index (χ0) is 8.01. The Bertz CT molecular complexity index is 154. The Morgan fingerprint density at radius 3 is 2.18 bits per heavy atom. The number of rotatable bonds is 1. The standard InChI is InChI=1S/C9H16O2/c1-5-6-2-3-7(4-6)8(5)9(10)11/h5-11H,2-4H2,1H3. The molecule has 2 saturated carbocycles. The summed E-state index contributed by atoms with van der Waals surface area (Å²) in [5, 5.41) is 18.2. The van der Waals surface area contributed by atoms with Gasteiger partial charge in [-0.05, 0) is 37.0 Å². The highest BCUT2D eigenvalue weighted by Gasteiger charge is 2.47. The number of hydrogen-bond acceptors (Lipinski definition) is 2. The van der Waals surface area contributed by atoms with E-state index in [1.54, 1.807) is 0 Å². The maximum absolute atomic E-state index is 9.10. The molecule has 0 aromatic carbocycles. The van der Waals surface area contributed by atoms with Gasteiger partial charge in [0.1, 0.15) is 0 Å². The van der Waals surface area contributed by atoms with Crippen LogP contribution in [0.3, 0.4) is 0 Å². The lowest BCUT2D eigenvalue weighted by molar-refractivity contribution is -0.112. The third-order valence-electron chi connectivity index (χ3n) is 3.75. The first-order valence-corrected chi connectivity index (χ1v) is 4.56. The van der Waals surface area contributed by atoms with Crippen LogP contribution in [0.15, 0.2) is 0 Å². The Hall–Kier alpha value is -0.0800. The predicted molar refractivity (Wildman–Crippen MR) is 41.7 cm³/mol. The van der Waals surface area contributed by atoms with Crippen molar-refractivity contribution in [2.24, 2.45) is 23.7 Å². The van der Waals surface area contributed by atoms with Gasteiger partial charge in [-0.2, -0.15) is 0 Å². The molecule has 0 spiro atoms. The van der Waals surface area contributed by atoms with E-state index in [1.165, 1.54) is 19.3 Å². The third kappa shape index (κ3) is 1.00. The lowest BCUT2D eigenvalue weighted by Gasteiger charge is -2.29. The van der Waals surface area contributed by atoms with Crippen LogP contribution in [0.1, 0.15) is 26.2 Å². The number of fused-ring (bicyclic) bond motifs is 2. The number of aliphatic hydroxyl groups excluding tert-OH is 1. The van der Waals surface area contributed by atoms with Crippen LogP contribution in [0.4, 0.5) is 0 Å². The van der Waals surface area contributed by atoms with Crippen molar-refractivity contribution in [3.8, 4) is 0 Å². The largest absolute Gasteiger partial charge is 0.368 e. The highest BCUT2D eigenvalue weighted by molar-refractivity contribution is 4.95.